The number of nitrogens with two attached hydrogens (primary N) is 1. The van der Waals surface area contributed by atoms with E-state index in [1.165, 1.54) is 0 Å². The summed E-state index contributed by atoms with van der Waals surface area (Å²) in [6.45, 7) is 0.524. The number of benzene rings is 3. The number of fused-ring (bicyclic) bond motifs is 3. The van der Waals surface area contributed by atoms with E-state index >= 15 is 0 Å². The number of H-pyrrole nitrogens is 1. The Kier molecular flexibility index (Phi) is 3.94. The van der Waals surface area contributed by atoms with Crippen molar-refractivity contribution in [2.24, 2.45) is 0 Å². The summed E-state index contributed by atoms with van der Waals surface area (Å²) < 4.78 is 1.98. The van der Waals surface area contributed by atoms with Crippen molar-refractivity contribution in [1.29, 1.82) is 0 Å². The lowest BCUT2D eigenvalue weighted by Crippen LogP contribution is -2.05. The molecule has 0 unspecified atom stereocenters. The topological polar surface area (TPSA) is 85.4 Å². The SMILES string of the molecule is Nc1c(-c2nc3ccccc3[nH]2)c2nc3ccccc3nc2n1Cc1cccc(Cl)c1. The fraction of sp³-hybridized carbons (Fsp3) is 0.0417. The van der Waals surface area contributed by atoms with Crippen LogP contribution in [0.2, 0.25) is 5.02 Å². The highest BCUT2D eigenvalue weighted by Crippen LogP contribution is 2.36. The molecule has 0 saturated heterocycles. The van der Waals surface area contributed by atoms with Gasteiger partial charge in [-0.2, -0.15) is 0 Å². The number of para-hydroxylation sites is 4. The Morgan fingerprint density at radius 1 is 0.839 bits per heavy atom. The molecule has 0 spiro atoms. The average molecular weight is 425 g/mol. The Balaban J connectivity index is 1.65. The number of halogens is 1. The zero-order valence-electron chi connectivity index (χ0n) is 16.4. The summed E-state index contributed by atoms with van der Waals surface area (Å²) in [5, 5.41) is 0.682. The number of hydrogen-bond donors (Lipinski definition) is 2. The molecular formula is C24H17ClN6. The van der Waals surface area contributed by atoms with E-state index in [0.29, 0.717) is 28.9 Å². The van der Waals surface area contributed by atoms with Gasteiger partial charge in [0.05, 0.1) is 34.2 Å². The number of nitrogens with zero attached hydrogens (tertiary/aromatic N) is 4. The van der Waals surface area contributed by atoms with Gasteiger partial charge in [0.1, 0.15) is 17.2 Å². The molecule has 3 aromatic heterocycles. The normalized spacial score (nSPS) is 11.6. The molecule has 0 aliphatic carbocycles. The predicted molar refractivity (Wildman–Crippen MR) is 125 cm³/mol. The summed E-state index contributed by atoms with van der Waals surface area (Å²) in [7, 11) is 0. The van der Waals surface area contributed by atoms with Crippen LogP contribution < -0.4 is 5.73 Å². The zero-order valence-corrected chi connectivity index (χ0v) is 17.1. The molecule has 31 heavy (non-hydrogen) atoms. The molecule has 3 heterocycles. The van der Waals surface area contributed by atoms with E-state index < -0.39 is 0 Å². The summed E-state index contributed by atoms with van der Waals surface area (Å²) in [6, 6.07) is 23.5. The minimum absolute atomic E-state index is 0.524. The number of rotatable bonds is 3. The highest BCUT2D eigenvalue weighted by Gasteiger charge is 2.22. The maximum atomic E-state index is 6.71. The van der Waals surface area contributed by atoms with Gasteiger partial charge in [-0.05, 0) is 42.0 Å². The Hall–Kier alpha value is -3.90. The molecule has 0 bridgehead atoms. The van der Waals surface area contributed by atoms with E-state index in [-0.39, 0.29) is 0 Å². The molecule has 0 aliphatic heterocycles. The number of hydrogen-bond acceptors (Lipinski definition) is 4. The molecule has 0 atom stereocenters. The summed E-state index contributed by atoms with van der Waals surface area (Å²) in [5.41, 5.74) is 13.4. The highest BCUT2D eigenvalue weighted by atomic mass is 35.5. The van der Waals surface area contributed by atoms with Crippen LogP contribution in [0.1, 0.15) is 5.56 Å². The van der Waals surface area contributed by atoms with Gasteiger partial charge >= 0.3 is 0 Å². The second kappa shape index (κ2) is 6.82. The van der Waals surface area contributed by atoms with E-state index in [9.17, 15) is 0 Å². The van der Waals surface area contributed by atoms with Crippen molar-refractivity contribution in [1.82, 2.24) is 24.5 Å². The van der Waals surface area contributed by atoms with Crippen LogP contribution >= 0.6 is 11.6 Å². The molecule has 3 aromatic carbocycles. The number of nitrogen functional groups attached to an aromatic ring is 1. The van der Waals surface area contributed by atoms with Crippen molar-refractivity contribution in [3.05, 3.63) is 83.4 Å². The van der Waals surface area contributed by atoms with Crippen LogP contribution in [-0.4, -0.2) is 24.5 Å². The first-order valence-electron chi connectivity index (χ1n) is 9.91. The second-order valence-corrected chi connectivity index (χ2v) is 7.90. The van der Waals surface area contributed by atoms with Gasteiger partial charge in [0.15, 0.2) is 5.65 Å². The quantitative estimate of drug-likeness (QED) is 0.397. The molecule has 150 valence electrons. The van der Waals surface area contributed by atoms with Crippen molar-refractivity contribution >= 4 is 50.6 Å². The molecule has 0 radical (unpaired) electrons. The fourth-order valence-electron chi connectivity index (χ4n) is 4.00. The van der Waals surface area contributed by atoms with E-state index in [0.717, 1.165) is 38.7 Å². The lowest BCUT2D eigenvalue weighted by molar-refractivity contribution is 0.838. The van der Waals surface area contributed by atoms with Crippen LogP contribution in [0.25, 0.3) is 44.6 Å². The Bertz CT molecular complexity index is 1560. The molecule has 0 amide bonds. The first-order valence-corrected chi connectivity index (χ1v) is 10.3. The number of aromatic amines is 1. The number of anilines is 1. The largest absolute Gasteiger partial charge is 0.384 e. The molecule has 0 fully saturated rings. The third kappa shape index (κ3) is 2.92. The molecule has 3 N–H and O–H groups in total. The number of imidazole rings is 1. The van der Waals surface area contributed by atoms with Crippen LogP contribution in [0.4, 0.5) is 5.82 Å². The van der Waals surface area contributed by atoms with Crippen molar-refractivity contribution in [3.8, 4) is 11.4 Å². The van der Waals surface area contributed by atoms with Crippen molar-refractivity contribution in [3.63, 3.8) is 0 Å². The van der Waals surface area contributed by atoms with Crippen LogP contribution in [0.3, 0.4) is 0 Å². The first-order chi connectivity index (χ1) is 15.2. The van der Waals surface area contributed by atoms with Crippen LogP contribution in [0.15, 0.2) is 72.8 Å². The van der Waals surface area contributed by atoms with Gasteiger partial charge < -0.3 is 15.3 Å². The number of aromatic nitrogens is 5. The summed E-state index contributed by atoms with van der Waals surface area (Å²) in [4.78, 5) is 18.0. The Morgan fingerprint density at radius 2 is 1.58 bits per heavy atom. The van der Waals surface area contributed by atoms with Gasteiger partial charge in [0.25, 0.3) is 0 Å². The average Bonchev–Trinajstić information content (AvgIpc) is 3.31. The fourth-order valence-corrected chi connectivity index (χ4v) is 4.21. The van der Waals surface area contributed by atoms with Crippen molar-refractivity contribution in [2.45, 2.75) is 6.54 Å². The van der Waals surface area contributed by atoms with E-state index in [1.807, 2.05) is 77.4 Å². The van der Waals surface area contributed by atoms with Gasteiger partial charge in [0, 0.05) is 5.02 Å². The monoisotopic (exact) mass is 424 g/mol. The van der Waals surface area contributed by atoms with Crippen molar-refractivity contribution in [2.75, 3.05) is 5.73 Å². The maximum absolute atomic E-state index is 6.71. The Morgan fingerprint density at radius 3 is 2.35 bits per heavy atom. The van der Waals surface area contributed by atoms with Gasteiger partial charge in [-0.3, -0.25) is 0 Å². The summed E-state index contributed by atoms with van der Waals surface area (Å²) >= 11 is 6.21. The van der Waals surface area contributed by atoms with E-state index in [1.54, 1.807) is 0 Å². The smallest absolute Gasteiger partial charge is 0.162 e. The van der Waals surface area contributed by atoms with Gasteiger partial charge in [-0.15, -0.1) is 0 Å². The molecule has 0 saturated carbocycles. The maximum Gasteiger partial charge on any atom is 0.162 e. The molecule has 6 nitrogen and oxygen atoms in total. The van der Waals surface area contributed by atoms with Gasteiger partial charge in [-0.25, -0.2) is 15.0 Å². The van der Waals surface area contributed by atoms with Crippen LogP contribution in [-0.2, 0) is 6.54 Å². The van der Waals surface area contributed by atoms with Crippen LogP contribution in [0, 0.1) is 0 Å². The molecule has 6 aromatic rings. The van der Waals surface area contributed by atoms with E-state index in [2.05, 4.69) is 4.98 Å². The standard InChI is InChI=1S/C24H17ClN6/c25-15-7-5-6-14(12-15)13-31-22(26)20(23-28-17-9-2-3-10-18(17)29-23)21-24(31)30-19-11-4-1-8-16(19)27-21/h1-12H,13,26H2,(H,28,29). The predicted octanol–water partition coefficient (Wildman–Crippen LogP) is 5.41. The third-order valence-electron chi connectivity index (χ3n) is 5.45. The van der Waals surface area contributed by atoms with Crippen LogP contribution in [0.5, 0.6) is 0 Å². The molecule has 7 heteroatoms. The lowest BCUT2D eigenvalue weighted by Gasteiger charge is -2.08. The van der Waals surface area contributed by atoms with Crippen molar-refractivity contribution < 1.29 is 0 Å². The van der Waals surface area contributed by atoms with Gasteiger partial charge in [0.2, 0.25) is 0 Å². The second-order valence-electron chi connectivity index (χ2n) is 7.46. The highest BCUT2D eigenvalue weighted by molar-refractivity contribution is 6.30. The first kappa shape index (κ1) is 17.9. The molecular weight excluding hydrogens is 408 g/mol. The third-order valence-corrected chi connectivity index (χ3v) is 5.68. The zero-order chi connectivity index (χ0) is 20.9. The molecule has 6 rings (SSSR count). The minimum Gasteiger partial charge on any atom is -0.384 e. The minimum atomic E-state index is 0.524. The Labute approximate surface area is 182 Å². The van der Waals surface area contributed by atoms with E-state index in [4.69, 9.17) is 32.3 Å². The summed E-state index contributed by atoms with van der Waals surface area (Å²) in [6.07, 6.45) is 0. The number of nitrogens with one attached hydrogen (secondary N) is 1. The molecule has 0 aliphatic rings. The van der Waals surface area contributed by atoms with Gasteiger partial charge in [-0.1, -0.05) is 48.0 Å². The summed E-state index contributed by atoms with van der Waals surface area (Å²) in [5.74, 6) is 1.24. The lowest BCUT2D eigenvalue weighted by atomic mass is 10.2.